The highest BCUT2D eigenvalue weighted by atomic mass is 32.1. The fourth-order valence-electron chi connectivity index (χ4n) is 2.93. The average Bonchev–Trinajstić information content (AvgIpc) is 2.95. The van der Waals surface area contributed by atoms with Gasteiger partial charge in [0.2, 0.25) is 0 Å². The van der Waals surface area contributed by atoms with Gasteiger partial charge in [-0.25, -0.2) is 4.98 Å². The van der Waals surface area contributed by atoms with E-state index < -0.39 is 0 Å². The first kappa shape index (κ1) is 13.5. The summed E-state index contributed by atoms with van der Waals surface area (Å²) in [5, 5.41) is 3.16. The maximum absolute atomic E-state index is 12.4. The lowest BCUT2D eigenvalue weighted by Crippen LogP contribution is -2.44. The second-order valence-corrected chi connectivity index (χ2v) is 6.28. The van der Waals surface area contributed by atoms with Gasteiger partial charge in [0.05, 0.1) is 15.7 Å². The smallest absolute Gasteiger partial charge is 0.251 e. The standard InChI is InChI=1S/C15H19N3OS/c16-8-11-3-1-2-4-12(11)18-15(19)10-5-6-13-14(7-10)20-9-17-13/h5-7,9,11-12H,1-4,8,16H2,(H,18,19). The minimum absolute atomic E-state index is 0.00523. The van der Waals surface area contributed by atoms with Crippen LogP contribution < -0.4 is 11.1 Å². The number of carbonyl (C=O) groups is 1. The summed E-state index contributed by atoms with van der Waals surface area (Å²) in [4.78, 5) is 16.6. The van der Waals surface area contributed by atoms with Gasteiger partial charge in [0.1, 0.15) is 0 Å². The molecule has 0 spiro atoms. The maximum Gasteiger partial charge on any atom is 0.251 e. The number of thiazole rings is 1. The molecule has 1 saturated carbocycles. The molecule has 1 aromatic heterocycles. The average molecular weight is 289 g/mol. The number of fused-ring (bicyclic) bond motifs is 1. The van der Waals surface area contributed by atoms with Crippen molar-refractivity contribution >= 4 is 27.5 Å². The summed E-state index contributed by atoms with van der Waals surface area (Å²) in [7, 11) is 0. The molecule has 1 heterocycles. The first-order valence-corrected chi connectivity index (χ1v) is 8.00. The van der Waals surface area contributed by atoms with E-state index >= 15 is 0 Å². The van der Waals surface area contributed by atoms with Gasteiger partial charge in [-0.3, -0.25) is 4.79 Å². The third-order valence-corrected chi connectivity index (χ3v) is 4.91. The molecule has 0 bridgehead atoms. The Morgan fingerprint density at radius 1 is 1.40 bits per heavy atom. The summed E-state index contributed by atoms with van der Waals surface area (Å²) in [5.41, 5.74) is 9.27. The lowest BCUT2D eigenvalue weighted by atomic mass is 9.84. The van der Waals surface area contributed by atoms with Gasteiger partial charge in [0, 0.05) is 11.6 Å². The van der Waals surface area contributed by atoms with Crippen LogP contribution in [0.4, 0.5) is 0 Å². The largest absolute Gasteiger partial charge is 0.349 e. The zero-order valence-electron chi connectivity index (χ0n) is 11.3. The molecule has 1 aromatic carbocycles. The van der Waals surface area contributed by atoms with E-state index in [2.05, 4.69) is 10.3 Å². The molecular weight excluding hydrogens is 270 g/mol. The van der Waals surface area contributed by atoms with Crippen molar-refractivity contribution in [2.75, 3.05) is 6.54 Å². The molecule has 0 aliphatic heterocycles. The summed E-state index contributed by atoms with van der Waals surface area (Å²) in [6.45, 7) is 0.652. The Balaban J connectivity index is 1.74. The number of nitrogens with zero attached hydrogens (tertiary/aromatic N) is 1. The second-order valence-electron chi connectivity index (χ2n) is 5.40. The zero-order chi connectivity index (χ0) is 13.9. The molecule has 0 saturated heterocycles. The van der Waals surface area contributed by atoms with Gasteiger partial charge >= 0.3 is 0 Å². The summed E-state index contributed by atoms with van der Waals surface area (Å²) in [6.07, 6.45) is 4.56. The van der Waals surface area contributed by atoms with E-state index in [9.17, 15) is 4.79 Å². The van der Waals surface area contributed by atoms with Gasteiger partial charge in [0.15, 0.2) is 0 Å². The number of hydrogen-bond acceptors (Lipinski definition) is 4. The van der Waals surface area contributed by atoms with E-state index in [1.807, 2.05) is 18.2 Å². The van der Waals surface area contributed by atoms with E-state index in [-0.39, 0.29) is 11.9 Å². The number of nitrogens with one attached hydrogen (secondary N) is 1. The fraction of sp³-hybridized carbons (Fsp3) is 0.467. The van der Waals surface area contributed by atoms with Gasteiger partial charge in [-0.1, -0.05) is 12.8 Å². The third-order valence-electron chi connectivity index (χ3n) is 4.12. The van der Waals surface area contributed by atoms with Crippen molar-refractivity contribution in [1.82, 2.24) is 10.3 Å². The summed E-state index contributed by atoms with van der Waals surface area (Å²) in [6, 6.07) is 5.89. The molecule has 106 valence electrons. The van der Waals surface area contributed by atoms with E-state index in [4.69, 9.17) is 5.73 Å². The lowest BCUT2D eigenvalue weighted by molar-refractivity contribution is 0.0908. The Morgan fingerprint density at radius 3 is 3.10 bits per heavy atom. The summed E-state index contributed by atoms with van der Waals surface area (Å²) >= 11 is 1.56. The molecule has 1 aliphatic rings. The van der Waals surface area contributed by atoms with Crippen LogP contribution in [0.25, 0.3) is 10.2 Å². The Labute approximate surface area is 122 Å². The molecule has 3 rings (SSSR count). The van der Waals surface area contributed by atoms with Gasteiger partial charge in [0.25, 0.3) is 5.91 Å². The van der Waals surface area contributed by atoms with Crippen molar-refractivity contribution in [3.8, 4) is 0 Å². The van der Waals surface area contributed by atoms with Crippen LogP contribution in [-0.2, 0) is 0 Å². The van der Waals surface area contributed by atoms with Crippen LogP contribution in [-0.4, -0.2) is 23.5 Å². The molecule has 2 aromatic rings. The second kappa shape index (κ2) is 5.89. The molecule has 3 N–H and O–H groups in total. The Hall–Kier alpha value is -1.46. The molecular formula is C15H19N3OS. The van der Waals surface area contributed by atoms with Gasteiger partial charge < -0.3 is 11.1 Å². The van der Waals surface area contributed by atoms with Crippen LogP contribution >= 0.6 is 11.3 Å². The Morgan fingerprint density at radius 2 is 2.25 bits per heavy atom. The van der Waals surface area contributed by atoms with Crippen molar-refractivity contribution in [2.45, 2.75) is 31.7 Å². The van der Waals surface area contributed by atoms with E-state index in [0.717, 1.165) is 23.1 Å². The van der Waals surface area contributed by atoms with Crippen LogP contribution in [0.2, 0.25) is 0 Å². The molecule has 1 aliphatic carbocycles. The molecule has 1 amide bonds. The molecule has 5 heteroatoms. The zero-order valence-corrected chi connectivity index (χ0v) is 12.2. The van der Waals surface area contributed by atoms with E-state index in [0.29, 0.717) is 18.0 Å². The summed E-state index contributed by atoms with van der Waals surface area (Å²) < 4.78 is 1.05. The van der Waals surface area contributed by atoms with Crippen LogP contribution in [0.15, 0.2) is 23.7 Å². The highest BCUT2D eigenvalue weighted by molar-refractivity contribution is 7.16. The van der Waals surface area contributed by atoms with Crippen LogP contribution in [0.1, 0.15) is 36.0 Å². The van der Waals surface area contributed by atoms with Crippen LogP contribution in [0.5, 0.6) is 0 Å². The number of amides is 1. The molecule has 1 fully saturated rings. The molecule has 2 atom stereocenters. The highest BCUT2D eigenvalue weighted by Crippen LogP contribution is 2.24. The van der Waals surface area contributed by atoms with Crippen molar-refractivity contribution in [2.24, 2.45) is 11.7 Å². The third kappa shape index (κ3) is 2.69. The molecule has 2 unspecified atom stereocenters. The number of nitrogens with two attached hydrogens (primary N) is 1. The number of aromatic nitrogens is 1. The number of carbonyl (C=O) groups excluding carboxylic acids is 1. The van der Waals surface area contributed by atoms with Crippen LogP contribution in [0, 0.1) is 5.92 Å². The van der Waals surface area contributed by atoms with Crippen molar-refractivity contribution in [3.63, 3.8) is 0 Å². The summed E-state index contributed by atoms with van der Waals surface area (Å²) in [5.74, 6) is 0.422. The predicted molar refractivity (Wildman–Crippen MR) is 81.9 cm³/mol. The van der Waals surface area contributed by atoms with Gasteiger partial charge in [-0.2, -0.15) is 0 Å². The van der Waals surface area contributed by atoms with E-state index in [1.165, 1.54) is 12.8 Å². The minimum Gasteiger partial charge on any atom is -0.349 e. The monoisotopic (exact) mass is 289 g/mol. The molecule has 4 nitrogen and oxygen atoms in total. The molecule has 20 heavy (non-hydrogen) atoms. The Kier molecular flexibility index (Phi) is 3.98. The lowest BCUT2D eigenvalue weighted by Gasteiger charge is -2.31. The first-order valence-electron chi connectivity index (χ1n) is 7.12. The number of rotatable bonds is 3. The number of benzene rings is 1. The Bertz CT molecular complexity index is 610. The van der Waals surface area contributed by atoms with Crippen LogP contribution in [0.3, 0.4) is 0 Å². The normalized spacial score (nSPS) is 22.9. The SMILES string of the molecule is NCC1CCCCC1NC(=O)c1ccc2ncsc2c1. The predicted octanol–water partition coefficient (Wildman–Crippen LogP) is 2.54. The van der Waals surface area contributed by atoms with Crippen molar-refractivity contribution in [1.29, 1.82) is 0 Å². The van der Waals surface area contributed by atoms with Crippen molar-refractivity contribution < 1.29 is 4.79 Å². The first-order chi connectivity index (χ1) is 9.78. The van der Waals surface area contributed by atoms with E-state index in [1.54, 1.807) is 16.8 Å². The minimum atomic E-state index is 0.00523. The topological polar surface area (TPSA) is 68.0 Å². The number of hydrogen-bond donors (Lipinski definition) is 2. The maximum atomic E-state index is 12.4. The fourth-order valence-corrected chi connectivity index (χ4v) is 3.64. The van der Waals surface area contributed by atoms with Gasteiger partial charge in [-0.15, -0.1) is 11.3 Å². The molecule has 0 radical (unpaired) electrons. The van der Waals surface area contributed by atoms with Crippen molar-refractivity contribution in [3.05, 3.63) is 29.3 Å². The highest BCUT2D eigenvalue weighted by Gasteiger charge is 2.25. The quantitative estimate of drug-likeness (QED) is 0.912. The van der Waals surface area contributed by atoms with Gasteiger partial charge in [-0.05, 0) is 43.5 Å².